The van der Waals surface area contributed by atoms with E-state index in [4.69, 9.17) is 4.74 Å². The topological polar surface area (TPSA) is 92.4 Å². The molecule has 1 aliphatic carbocycles. The van der Waals surface area contributed by atoms with Crippen molar-refractivity contribution in [1.29, 1.82) is 0 Å². The molecule has 3 N–H and O–H groups in total. The molecule has 162 valence electrons. The number of carbonyl (C=O) groups is 2. The molecule has 0 spiro atoms. The van der Waals surface area contributed by atoms with Gasteiger partial charge in [0.05, 0.1) is 22.5 Å². The van der Waals surface area contributed by atoms with Crippen LogP contribution in [0.4, 0.5) is 21.3 Å². The first-order valence-electron chi connectivity index (χ1n) is 10.6. The van der Waals surface area contributed by atoms with Crippen LogP contribution in [-0.4, -0.2) is 23.5 Å². The monoisotopic (exact) mass is 438 g/mol. The van der Waals surface area contributed by atoms with Crippen molar-refractivity contribution in [3.8, 4) is 5.75 Å². The highest BCUT2D eigenvalue weighted by molar-refractivity contribution is 7.22. The molecule has 0 aliphatic heterocycles. The molecule has 3 aromatic rings. The molecule has 0 unspecified atom stereocenters. The molecule has 2 aromatic carbocycles. The van der Waals surface area contributed by atoms with Gasteiger partial charge >= 0.3 is 6.03 Å². The summed E-state index contributed by atoms with van der Waals surface area (Å²) < 4.78 is 6.49. The van der Waals surface area contributed by atoms with Gasteiger partial charge in [-0.3, -0.25) is 4.79 Å². The Morgan fingerprint density at radius 2 is 1.87 bits per heavy atom. The molecule has 3 amide bonds. The Balaban J connectivity index is 1.41. The van der Waals surface area contributed by atoms with Gasteiger partial charge in [-0.05, 0) is 50.1 Å². The third kappa shape index (κ3) is 5.32. The largest absolute Gasteiger partial charge is 0.492 e. The lowest BCUT2D eigenvalue weighted by Crippen LogP contribution is -2.24. The summed E-state index contributed by atoms with van der Waals surface area (Å²) in [5.74, 6) is 0.763. The van der Waals surface area contributed by atoms with Crippen LogP contribution in [0.1, 0.15) is 39.0 Å². The Morgan fingerprint density at radius 3 is 2.68 bits per heavy atom. The third-order valence-electron chi connectivity index (χ3n) is 5.29. The van der Waals surface area contributed by atoms with Gasteiger partial charge in [-0.1, -0.05) is 42.7 Å². The minimum absolute atomic E-state index is 0.0597. The number of hydrogen-bond donors (Lipinski definition) is 3. The second-order valence-electron chi connectivity index (χ2n) is 7.53. The number of nitrogens with one attached hydrogen (secondary N) is 3. The van der Waals surface area contributed by atoms with Crippen molar-refractivity contribution >= 4 is 50.0 Å². The van der Waals surface area contributed by atoms with Gasteiger partial charge in [-0.2, -0.15) is 0 Å². The summed E-state index contributed by atoms with van der Waals surface area (Å²) in [4.78, 5) is 29.5. The predicted octanol–water partition coefficient (Wildman–Crippen LogP) is 5.86. The van der Waals surface area contributed by atoms with E-state index in [1.807, 2.05) is 37.3 Å². The molecule has 4 rings (SSSR count). The Morgan fingerprint density at radius 1 is 1.06 bits per heavy atom. The molecule has 0 bridgehead atoms. The number of ether oxygens (including phenoxy) is 1. The molecule has 8 heteroatoms. The van der Waals surface area contributed by atoms with Crippen LogP contribution in [0.3, 0.4) is 0 Å². The van der Waals surface area contributed by atoms with E-state index in [1.165, 1.54) is 17.8 Å². The number of para-hydroxylation sites is 2. The van der Waals surface area contributed by atoms with Crippen LogP contribution in [0.5, 0.6) is 5.75 Å². The highest BCUT2D eigenvalue weighted by Gasteiger charge is 2.22. The first-order chi connectivity index (χ1) is 15.1. The second-order valence-corrected chi connectivity index (χ2v) is 8.56. The van der Waals surface area contributed by atoms with Crippen LogP contribution in [0.2, 0.25) is 0 Å². The van der Waals surface area contributed by atoms with E-state index in [0.717, 1.165) is 35.9 Å². The van der Waals surface area contributed by atoms with Gasteiger partial charge in [0.1, 0.15) is 5.75 Å². The number of fused-ring (bicyclic) bond motifs is 1. The van der Waals surface area contributed by atoms with Gasteiger partial charge in [0, 0.05) is 11.6 Å². The number of thiazole rings is 1. The van der Waals surface area contributed by atoms with E-state index in [-0.39, 0.29) is 17.9 Å². The normalized spacial score (nSPS) is 14.2. The van der Waals surface area contributed by atoms with Gasteiger partial charge in [0.15, 0.2) is 5.13 Å². The zero-order valence-electron chi connectivity index (χ0n) is 17.4. The number of carbonyl (C=O) groups excluding carboxylic acids is 2. The highest BCUT2D eigenvalue weighted by Crippen LogP contribution is 2.30. The molecule has 1 saturated carbocycles. The summed E-state index contributed by atoms with van der Waals surface area (Å²) in [7, 11) is 0. The van der Waals surface area contributed by atoms with Crippen LogP contribution in [0, 0.1) is 5.92 Å². The van der Waals surface area contributed by atoms with Gasteiger partial charge < -0.3 is 20.7 Å². The van der Waals surface area contributed by atoms with Crippen LogP contribution >= 0.6 is 11.3 Å². The van der Waals surface area contributed by atoms with Crippen LogP contribution in [0.15, 0.2) is 42.5 Å². The predicted molar refractivity (Wildman–Crippen MR) is 125 cm³/mol. The maximum atomic E-state index is 12.5. The first-order valence-corrected chi connectivity index (χ1v) is 11.5. The molecule has 1 heterocycles. The van der Waals surface area contributed by atoms with Crippen LogP contribution in [-0.2, 0) is 4.79 Å². The smallest absolute Gasteiger partial charge is 0.323 e. The molecule has 0 radical (unpaired) electrons. The molecular weight excluding hydrogens is 412 g/mol. The van der Waals surface area contributed by atoms with E-state index < -0.39 is 0 Å². The van der Waals surface area contributed by atoms with E-state index in [9.17, 15) is 9.59 Å². The second kappa shape index (κ2) is 9.78. The Kier molecular flexibility index (Phi) is 6.66. The van der Waals surface area contributed by atoms with Crippen molar-refractivity contribution in [2.45, 2.75) is 39.0 Å². The molecule has 7 nitrogen and oxygen atoms in total. The van der Waals surface area contributed by atoms with Crippen LogP contribution in [0.25, 0.3) is 10.2 Å². The number of benzene rings is 2. The fourth-order valence-electron chi connectivity index (χ4n) is 3.77. The zero-order valence-corrected chi connectivity index (χ0v) is 18.3. The van der Waals surface area contributed by atoms with Crippen molar-refractivity contribution in [2.75, 3.05) is 22.6 Å². The quantitative estimate of drug-likeness (QED) is 0.450. The summed E-state index contributed by atoms with van der Waals surface area (Å²) in [6.07, 6.45) is 5.35. The molecular formula is C23H26N4O3S. The fraction of sp³-hybridized carbons (Fsp3) is 0.348. The van der Waals surface area contributed by atoms with E-state index in [2.05, 4.69) is 20.9 Å². The third-order valence-corrected chi connectivity index (χ3v) is 6.24. The molecule has 1 aromatic heterocycles. The molecule has 31 heavy (non-hydrogen) atoms. The number of nitrogens with zero attached hydrogens (tertiary/aromatic N) is 1. The first kappa shape index (κ1) is 21.1. The van der Waals surface area contributed by atoms with Crippen molar-refractivity contribution < 1.29 is 14.3 Å². The summed E-state index contributed by atoms with van der Waals surface area (Å²) in [6.45, 7) is 2.41. The van der Waals surface area contributed by atoms with Gasteiger partial charge in [-0.25, -0.2) is 9.78 Å². The number of rotatable bonds is 6. The number of amides is 3. The van der Waals surface area contributed by atoms with Crippen molar-refractivity contribution in [1.82, 2.24) is 4.98 Å². The Bertz CT molecular complexity index is 1080. The fourth-order valence-corrected chi connectivity index (χ4v) is 4.62. The summed E-state index contributed by atoms with van der Waals surface area (Å²) >= 11 is 1.44. The summed E-state index contributed by atoms with van der Waals surface area (Å²) in [5, 5.41) is 9.20. The lowest BCUT2D eigenvalue weighted by molar-refractivity contribution is -0.120. The van der Waals surface area contributed by atoms with Gasteiger partial charge in [-0.15, -0.1) is 0 Å². The zero-order chi connectivity index (χ0) is 21.6. The highest BCUT2D eigenvalue weighted by atomic mass is 32.1. The number of anilines is 3. The lowest BCUT2D eigenvalue weighted by atomic mass is 9.89. The Hall–Kier alpha value is -3.13. The van der Waals surface area contributed by atoms with Gasteiger partial charge in [0.2, 0.25) is 5.91 Å². The van der Waals surface area contributed by atoms with Crippen LogP contribution < -0.4 is 20.7 Å². The Labute approximate surface area is 185 Å². The standard InChI is InChI=1S/C23H26N4O3S/c1-2-30-19-11-7-6-10-17(19)25-22(29)24-16-12-13-20-18(14-16)26-23(31-20)27-21(28)15-8-4-3-5-9-15/h6-7,10-15H,2-5,8-9H2,1H3,(H2,24,25,29)(H,26,27,28). The molecule has 0 saturated heterocycles. The number of hydrogen-bond acceptors (Lipinski definition) is 5. The SMILES string of the molecule is CCOc1ccccc1NC(=O)Nc1ccc2sc(NC(=O)C3CCCCC3)nc2c1. The minimum atomic E-state index is -0.368. The maximum Gasteiger partial charge on any atom is 0.323 e. The molecule has 1 aliphatic rings. The average Bonchev–Trinajstić information content (AvgIpc) is 3.17. The van der Waals surface area contributed by atoms with E-state index in [1.54, 1.807) is 12.1 Å². The number of urea groups is 1. The molecule has 1 fully saturated rings. The van der Waals surface area contributed by atoms with Crippen molar-refractivity contribution in [3.63, 3.8) is 0 Å². The van der Waals surface area contributed by atoms with E-state index >= 15 is 0 Å². The van der Waals surface area contributed by atoms with E-state index in [0.29, 0.717) is 28.9 Å². The number of aromatic nitrogens is 1. The van der Waals surface area contributed by atoms with Crippen molar-refractivity contribution in [3.05, 3.63) is 42.5 Å². The molecule has 0 atom stereocenters. The average molecular weight is 439 g/mol. The summed E-state index contributed by atoms with van der Waals surface area (Å²) in [6, 6.07) is 12.4. The summed E-state index contributed by atoms with van der Waals surface area (Å²) in [5.41, 5.74) is 1.95. The lowest BCUT2D eigenvalue weighted by Gasteiger charge is -2.19. The van der Waals surface area contributed by atoms with Gasteiger partial charge in [0.25, 0.3) is 0 Å². The van der Waals surface area contributed by atoms with Crippen molar-refractivity contribution in [2.24, 2.45) is 5.92 Å². The maximum absolute atomic E-state index is 12.5. The minimum Gasteiger partial charge on any atom is -0.492 e.